The van der Waals surface area contributed by atoms with Crippen LogP contribution >= 0.6 is 0 Å². The first kappa shape index (κ1) is 13.6. The minimum absolute atomic E-state index is 0.116. The SMILES string of the molecule is CC(NC(=O)Nc1cccc(C(=O)O)c1)c1cn[nH]c1. The molecule has 1 aromatic heterocycles. The van der Waals surface area contributed by atoms with Gasteiger partial charge in [0.15, 0.2) is 0 Å². The van der Waals surface area contributed by atoms with E-state index in [1.54, 1.807) is 24.5 Å². The number of benzene rings is 1. The van der Waals surface area contributed by atoms with Gasteiger partial charge < -0.3 is 15.7 Å². The highest BCUT2D eigenvalue weighted by Gasteiger charge is 2.11. The molecule has 1 atom stereocenters. The first-order valence-electron chi connectivity index (χ1n) is 5.96. The summed E-state index contributed by atoms with van der Waals surface area (Å²) in [5, 5.41) is 20.7. The molecule has 0 aliphatic carbocycles. The number of urea groups is 1. The van der Waals surface area contributed by atoms with Gasteiger partial charge in [-0.15, -0.1) is 0 Å². The molecule has 1 unspecified atom stereocenters. The average molecular weight is 274 g/mol. The van der Waals surface area contributed by atoms with Gasteiger partial charge in [-0.2, -0.15) is 5.10 Å². The summed E-state index contributed by atoms with van der Waals surface area (Å²) in [6.45, 7) is 1.82. The quantitative estimate of drug-likeness (QED) is 0.683. The molecule has 2 aromatic rings. The van der Waals surface area contributed by atoms with Crippen LogP contribution in [0, 0.1) is 0 Å². The van der Waals surface area contributed by atoms with Crippen LogP contribution in [0.15, 0.2) is 36.7 Å². The highest BCUT2D eigenvalue weighted by molar-refractivity contribution is 5.93. The Morgan fingerprint density at radius 2 is 2.20 bits per heavy atom. The van der Waals surface area contributed by atoms with Gasteiger partial charge in [-0.1, -0.05) is 6.07 Å². The largest absolute Gasteiger partial charge is 0.478 e. The number of carbonyl (C=O) groups is 2. The molecule has 7 heteroatoms. The summed E-state index contributed by atoms with van der Waals surface area (Å²) in [6, 6.07) is 5.41. The Morgan fingerprint density at radius 1 is 1.40 bits per heavy atom. The van der Waals surface area contributed by atoms with Crippen molar-refractivity contribution in [2.45, 2.75) is 13.0 Å². The van der Waals surface area contributed by atoms with Crippen molar-refractivity contribution in [1.82, 2.24) is 15.5 Å². The zero-order valence-corrected chi connectivity index (χ0v) is 10.8. The lowest BCUT2D eigenvalue weighted by atomic mass is 10.2. The van der Waals surface area contributed by atoms with Crippen molar-refractivity contribution in [2.75, 3.05) is 5.32 Å². The van der Waals surface area contributed by atoms with Gasteiger partial charge in [0.1, 0.15) is 0 Å². The van der Waals surface area contributed by atoms with E-state index in [9.17, 15) is 9.59 Å². The van der Waals surface area contributed by atoms with Crippen LogP contribution in [0.3, 0.4) is 0 Å². The van der Waals surface area contributed by atoms with Crippen molar-refractivity contribution in [3.63, 3.8) is 0 Å². The van der Waals surface area contributed by atoms with Crippen LogP contribution in [0.25, 0.3) is 0 Å². The van der Waals surface area contributed by atoms with Crippen molar-refractivity contribution in [2.24, 2.45) is 0 Å². The molecule has 0 saturated carbocycles. The van der Waals surface area contributed by atoms with Crippen LogP contribution in [0.2, 0.25) is 0 Å². The second kappa shape index (κ2) is 5.87. The number of hydrogen-bond donors (Lipinski definition) is 4. The smallest absolute Gasteiger partial charge is 0.335 e. The number of aromatic nitrogens is 2. The molecular formula is C13H14N4O3. The van der Waals surface area contributed by atoms with E-state index in [0.717, 1.165) is 5.56 Å². The number of rotatable bonds is 4. The number of carboxylic acids is 1. The molecule has 0 radical (unpaired) electrons. The van der Waals surface area contributed by atoms with Gasteiger partial charge in [0.25, 0.3) is 0 Å². The molecule has 0 aliphatic rings. The highest BCUT2D eigenvalue weighted by Crippen LogP contribution is 2.12. The molecule has 20 heavy (non-hydrogen) atoms. The molecule has 1 heterocycles. The minimum atomic E-state index is -1.04. The summed E-state index contributed by atoms with van der Waals surface area (Å²) in [7, 11) is 0. The summed E-state index contributed by atoms with van der Waals surface area (Å²) in [5.41, 5.74) is 1.38. The van der Waals surface area contributed by atoms with E-state index in [0.29, 0.717) is 5.69 Å². The third kappa shape index (κ3) is 3.35. The lowest BCUT2D eigenvalue weighted by Crippen LogP contribution is -2.31. The molecule has 1 aromatic carbocycles. The fourth-order valence-corrected chi connectivity index (χ4v) is 1.67. The summed E-state index contributed by atoms with van der Waals surface area (Å²) < 4.78 is 0. The van der Waals surface area contributed by atoms with Gasteiger partial charge >= 0.3 is 12.0 Å². The van der Waals surface area contributed by atoms with Crippen molar-refractivity contribution in [3.05, 3.63) is 47.8 Å². The number of aromatic amines is 1. The first-order valence-corrected chi connectivity index (χ1v) is 5.96. The van der Waals surface area contributed by atoms with Gasteiger partial charge in [0, 0.05) is 17.4 Å². The van der Waals surface area contributed by atoms with E-state index in [1.165, 1.54) is 12.1 Å². The van der Waals surface area contributed by atoms with Crippen LogP contribution in [-0.2, 0) is 0 Å². The summed E-state index contributed by atoms with van der Waals surface area (Å²) in [6.07, 6.45) is 3.31. The van der Waals surface area contributed by atoms with Crippen molar-refractivity contribution in [3.8, 4) is 0 Å². The van der Waals surface area contributed by atoms with E-state index in [1.807, 2.05) is 6.92 Å². The fraction of sp³-hybridized carbons (Fsp3) is 0.154. The van der Waals surface area contributed by atoms with Gasteiger partial charge in [-0.25, -0.2) is 9.59 Å². The number of amides is 2. The molecule has 0 aliphatic heterocycles. The lowest BCUT2D eigenvalue weighted by molar-refractivity contribution is 0.0697. The van der Waals surface area contributed by atoms with Crippen LogP contribution in [0.5, 0.6) is 0 Å². The Morgan fingerprint density at radius 3 is 2.85 bits per heavy atom. The second-order valence-electron chi connectivity index (χ2n) is 4.24. The predicted octanol–water partition coefficient (Wildman–Crippen LogP) is 1.99. The van der Waals surface area contributed by atoms with E-state index in [-0.39, 0.29) is 11.6 Å². The first-order chi connectivity index (χ1) is 9.56. The zero-order chi connectivity index (χ0) is 14.5. The number of carboxylic acid groups (broad SMARTS) is 1. The molecule has 0 fully saturated rings. The summed E-state index contributed by atoms with van der Waals surface area (Å²) in [4.78, 5) is 22.6. The van der Waals surface area contributed by atoms with Crippen LogP contribution in [-0.4, -0.2) is 27.3 Å². The summed E-state index contributed by atoms with van der Waals surface area (Å²) in [5.74, 6) is -1.04. The lowest BCUT2D eigenvalue weighted by Gasteiger charge is -2.13. The molecule has 7 nitrogen and oxygen atoms in total. The van der Waals surface area contributed by atoms with Gasteiger partial charge in [0.2, 0.25) is 0 Å². The number of aromatic carboxylic acids is 1. The van der Waals surface area contributed by atoms with E-state index in [2.05, 4.69) is 20.8 Å². The van der Waals surface area contributed by atoms with E-state index in [4.69, 9.17) is 5.11 Å². The monoisotopic (exact) mass is 274 g/mol. The average Bonchev–Trinajstić information content (AvgIpc) is 2.92. The van der Waals surface area contributed by atoms with Crippen molar-refractivity contribution in [1.29, 1.82) is 0 Å². The van der Waals surface area contributed by atoms with Crippen LogP contribution in [0.1, 0.15) is 28.9 Å². The van der Waals surface area contributed by atoms with Crippen molar-refractivity contribution < 1.29 is 14.7 Å². The molecule has 2 amide bonds. The Hall–Kier alpha value is -2.83. The topological polar surface area (TPSA) is 107 Å². The van der Waals surface area contributed by atoms with Crippen LogP contribution < -0.4 is 10.6 Å². The minimum Gasteiger partial charge on any atom is -0.478 e. The van der Waals surface area contributed by atoms with Gasteiger partial charge in [0.05, 0.1) is 17.8 Å². The number of nitrogens with one attached hydrogen (secondary N) is 3. The predicted molar refractivity (Wildman–Crippen MR) is 72.6 cm³/mol. The van der Waals surface area contributed by atoms with Crippen molar-refractivity contribution >= 4 is 17.7 Å². The molecule has 0 bridgehead atoms. The van der Waals surface area contributed by atoms with Crippen LogP contribution in [0.4, 0.5) is 10.5 Å². The third-order valence-corrected chi connectivity index (χ3v) is 2.73. The Kier molecular flexibility index (Phi) is 3.99. The molecular weight excluding hydrogens is 260 g/mol. The molecule has 104 valence electrons. The third-order valence-electron chi connectivity index (χ3n) is 2.73. The molecule has 0 spiro atoms. The maximum absolute atomic E-state index is 11.8. The highest BCUT2D eigenvalue weighted by atomic mass is 16.4. The second-order valence-corrected chi connectivity index (χ2v) is 4.24. The molecule has 4 N–H and O–H groups in total. The standard InChI is InChI=1S/C13H14N4O3/c1-8(10-6-14-15-7-10)16-13(20)17-11-4-2-3-9(5-11)12(18)19/h2-8H,1H3,(H,14,15)(H,18,19)(H2,16,17,20). The normalized spacial score (nSPS) is 11.7. The number of hydrogen-bond acceptors (Lipinski definition) is 3. The van der Waals surface area contributed by atoms with Gasteiger partial charge in [-0.3, -0.25) is 5.10 Å². The number of carbonyl (C=O) groups excluding carboxylic acids is 1. The Balaban J connectivity index is 1.98. The Bertz CT molecular complexity index is 610. The Labute approximate surface area is 115 Å². The maximum atomic E-state index is 11.8. The molecule has 2 rings (SSSR count). The number of anilines is 1. The maximum Gasteiger partial charge on any atom is 0.335 e. The fourth-order valence-electron chi connectivity index (χ4n) is 1.67. The van der Waals surface area contributed by atoms with Gasteiger partial charge in [-0.05, 0) is 25.1 Å². The van der Waals surface area contributed by atoms with E-state index >= 15 is 0 Å². The van der Waals surface area contributed by atoms with E-state index < -0.39 is 12.0 Å². The summed E-state index contributed by atoms with van der Waals surface area (Å²) >= 11 is 0. The number of nitrogens with zero attached hydrogens (tertiary/aromatic N) is 1. The number of H-pyrrole nitrogens is 1. The molecule has 0 saturated heterocycles. The zero-order valence-electron chi connectivity index (χ0n) is 10.8.